The summed E-state index contributed by atoms with van der Waals surface area (Å²) in [6, 6.07) is 2.14. The maximum Gasteiger partial charge on any atom is 0.137 e. The predicted molar refractivity (Wildman–Crippen MR) is 70.5 cm³/mol. The molecule has 2 N–H and O–H groups in total. The number of aliphatic hydroxyl groups excluding tert-OH is 1. The van der Waals surface area contributed by atoms with E-state index in [-0.39, 0.29) is 6.61 Å². The number of aromatic nitrogens is 2. The molecule has 0 aliphatic heterocycles. The second kappa shape index (κ2) is 7.45. The Hall–Kier alpha value is -1.87. The minimum atomic E-state index is 0.0602. The van der Waals surface area contributed by atoms with Gasteiger partial charge < -0.3 is 15.3 Å². The van der Waals surface area contributed by atoms with Gasteiger partial charge in [-0.3, -0.25) is 0 Å². The molecular weight excluding hydrogens is 230 g/mol. The quantitative estimate of drug-likeness (QED) is 0.747. The molecule has 0 bridgehead atoms. The van der Waals surface area contributed by atoms with Gasteiger partial charge in [0.2, 0.25) is 0 Å². The molecule has 0 aliphatic rings. The van der Waals surface area contributed by atoms with E-state index in [1.54, 1.807) is 0 Å². The van der Waals surface area contributed by atoms with E-state index in [9.17, 15) is 0 Å². The zero-order valence-corrected chi connectivity index (χ0v) is 10.8. The number of hydrogen-bond donors (Lipinski definition) is 2. The fourth-order valence-corrected chi connectivity index (χ4v) is 1.71. The van der Waals surface area contributed by atoms with Crippen LogP contribution >= 0.6 is 0 Å². The minimum Gasteiger partial charge on any atom is -0.395 e. The van der Waals surface area contributed by atoms with Gasteiger partial charge >= 0.3 is 0 Å². The summed E-state index contributed by atoms with van der Waals surface area (Å²) >= 11 is 0. The van der Waals surface area contributed by atoms with Crippen molar-refractivity contribution >= 4 is 11.6 Å². The van der Waals surface area contributed by atoms with Crippen molar-refractivity contribution in [2.45, 2.75) is 20.3 Å². The maximum atomic E-state index is 8.81. The molecule has 1 rings (SSSR count). The zero-order valence-electron chi connectivity index (χ0n) is 10.8. The van der Waals surface area contributed by atoms with Gasteiger partial charge in [-0.15, -0.1) is 0 Å². The Labute approximate surface area is 107 Å². The average Bonchev–Trinajstić information content (AvgIpc) is 2.40. The SMILES string of the molecule is CCN(CCC#N)c1ncnc(NCCO)c1C. The predicted octanol–water partition coefficient (Wildman–Crippen LogP) is 0.929. The van der Waals surface area contributed by atoms with E-state index >= 15 is 0 Å². The summed E-state index contributed by atoms with van der Waals surface area (Å²) in [5.74, 6) is 1.56. The normalized spacial score (nSPS) is 9.89. The van der Waals surface area contributed by atoms with Crippen LogP contribution < -0.4 is 10.2 Å². The first-order chi connectivity index (χ1) is 8.74. The number of anilines is 2. The van der Waals surface area contributed by atoms with Crippen LogP contribution in [0.1, 0.15) is 18.9 Å². The maximum absolute atomic E-state index is 8.81. The van der Waals surface area contributed by atoms with Crippen molar-refractivity contribution in [3.63, 3.8) is 0 Å². The molecule has 0 fully saturated rings. The summed E-state index contributed by atoms with van der Waals surface area (Å²) in [6.45, 7) is 5.93. The molecule has 0 saturated carbocycles. The van der Waals surface area contributed by atoms with Crippen molar-refractivity contribution < 1.29 is 5.11 Å². The number of nitriles is 1. The highest BCUT2D eigenvalue weighted by molar-refractivity contribution is 5.57. The van der Waals surface area contributed by atoms with E-state index in [0.717, 1.165) is 23.7 Å². The number of nitrogens with zero attached hydrogens (tertiary/aromatic N) is 4. The van der Waals surface area contributed by atoms with Crippen LogP contribution in [0.15, 0.2) is 6.33 Å². The molecule has 6 heteroatoms. The lowest BCUT2D eigenvalue weighted by atomic mass is 10.2. The minimum absolute atomic E-state index is 0.0602. The van der Waals surface area contributed by atoms with Crippen LogP contribution in [0.25, 0.3) is 0 Å². The standard InChI is InChI=1S/C12H19N5O/c1-3-17(7-4-5-13)12-10(2)11(14-6-8-18)15-9-16-12/h9,18H,3-4,6-8H2,1-2H3,(H,14,15,16). The third-order valence-electron chi connectivity index (χ3n) is 2.64. The first kappa shape index (κ1) is 14.2. The van der Waals surface area contributed by atoms with Gasteiger partial charge in [0.15, 0.2) is 0 Å². The molecule has 0 atom stereocenters. The number of aliphatic hydroxyl groups is 1. The Morgan fingerprint density at radius 3 is 2.89 bits per heavy atom. The summed E-state index contributed by atoms with van der Waals surface area (Å²) in [4.78, 5) is 10.5. The van der Waals surface area contributed by atoms with Gasteiger partial charge in [0.25, 0.3) is 0 Å². The molecule has 6 nitrogen and oxygen atoms in total. The second-order valence-corrected chi connectivity index (χ2v) is 3.81. The van der Waals surface area contributed by atoms with E-state index < -0.39 is 0 Å². The van der Waals surface area contributed by atoms with Crippen molar-refractivity contribution in [3.8, 4) is 6.07 Å². The van der Waals surface area contributed by atoms with Gasteiger partial charge in [0.05, 0.1) is 19.1 Å². The fraction of sp³-hybridized carbons (Fsp3) is 0.583. The second-order valence-electron chi connectivity index (χ2n) is 3.81. The van der Waals surface area contributed by atoms with E-state index in [1.165, 1.54) is 6.33 Å². The van der Waals surface area contributed by atoms with Gasteiger partial charge in [-0.1, -0.05) is 0 Å². The van der Waals surface area contributed by atoms with Gasteiger partial charge in [0.1, 0.15) is 18.0 Å². The van der Waals surface area contributed by atoms with Crippen LogP contribution in [0.4, 0.5) is 11.6 Å². The van der Waals surface area contributed by atoms with Crippen molar-refractivity contribution in [2.24, 2.45) is 0 Å². The Kier molecular flexibility index (Phi) is 5.88. The Balaban J connectivity index is 2.90. The van der Waals surface area contributed by atoms with Crippen LogP contribution in [0.2, 0.25) is 0 Å². The molecule has 0 spiro atoms. The highest BCUT2D eigenvalue weighted by Crippen LogP contribution is 2.21. The lowest BCUT2D eigenvalue weighted by Gasteiger charge is -2.23. The topological polar surface area (TPSA) is 85.1 Å². The molecule has 0 amide bonds. The molecule has 18 heavy (non-hydrogen) atoms. The fourth-order valence-electron chi connectivity index (χ4n) is 1.71. The molecule has 0 unspecified atom stereocenters. The first-order valence-electron chi connectivity index (χ1n) is 6.02. The molecule has 1 heterocycles. The highest BCUT2D eigenvalue weighted by atomic mass is 16.3. The molecule has 0 radical (unpaired) electrons. The smallest absolute Gasteiger partial charge is 0.137 e. The molecule has 0 aromatic carbocycles. The molecular formula is C12H19N5O. The van der Waals surface area contributed by atoms with E-state index in [2.05, 4.69) is 21.4 Å². The van der Waals surface area contributed by atoms with Gasteiger partial charge in [-0.2, -0.15) is 5.26 Å². The van der Waals surface area contributed by atoms with Crippen LogP contribution in [-0.4, -0.2) is 41.3 Å². The summed E-state index contributed by atoms with van der Waals surface area (Å²) in [5.41, 5.74) is 0.936. The van der Waals surface area contributed by atoms with Crippen LogP contribution in [0.5, 0.6) is 0 Å². The summed E-state index contributed by atoms with van der Waals surface area (Å²) < 4.78 is 0. The molecule has 98 valence electrons. The van der Waals surface area contributed by atoms with Gasteiger partial charge in [-0.05, 0) is 13.8 Å². The van der Waals surface area contributed by atoms with E-state index in [1.807, 2.05) is 18.7 Å². The summed E-state index contributed by atoms with van der Waals surface area (Å²) in [7, 11) is 0. The third-order valence-corrected chi connectivity index (χ3v) is 2.64. The zero-order chi connectivity index (χ0) is 13.4. The largest absolute Gasteiger partial charge is 0.395 e. The molecule has 1 aromatic rings. The van der Waals surface area contributed by atoms with Gasteiger partial charge in [-0.25, -0.2) is 9.97 Å². The van der Waals surface area contributed by atoms with Gasteiger partial charge in [0, 0.05) is 25.2 Å². The number of hydrogen-bond acceptors (Lipinski definition) is 6. The Morgan fingerprint density at radius 1 is 1.50 bits per heavy atom. The van der Waals surface area contributed by atoms with E-state index in [4.69, 9.17) is 10.4 Å². The Bertz CT molecular complexity index is 415. The average molecular weight is 249 g/mol. The lowest BCUT2D eigenvalue weighted by Crippen LogP contribution is -2.26. The number of nitrogens with one attached hydrogen (secondary N) is 1. The lowest BCUT2D eigenvalue weighted by molar-refractivity contribution is 0.311. The summed E-state index contributed by atoms with van der Waals surface area (Å²) in [6.07, 6.45) is 1.97. The van der Waals surface area contributed by atoms with Crippen molar-refractivity contribution in [2.75, 3.05) is 36.5 Å². The third kappa shape index (κ3) is 3.57. The number of rotatable bonds is 7. The molecule has 0 aliphatic carbocycles. The first-order valence-corrected chi connectivity index (χ1v) is 6.02. The van der Waals surface area contributed by atoms with E-state index in [0.29, 0.717) is 19.5 Å². The highest BCUT2D eigenvalue weighted by Gasteiger charge is 2.12. The van der Waals surface area contributed by atoms with Crippen molar-refractivity contribution in [1.29, 1.82) is 5.26 Å². The molecule has 0 saturated heterocycles. The van der Waals surface area contributed by atoms with Crippen molar-refractivity contribution in [1.82, 2.24) is 9.97 Å². The van der Waals surface area contributed by atoms with Crippen LogP contribution in [0, 0.1) is 18.3 Å². The Morgan fingerprint density at radius 2 is 2.28 bits per heavy atom. The summed E-state index contributed by atoms with van der Waals surface area (Å²) in [5, 5.41) is 20.5. The van der Waals surface area contributed by atoms with Crippen LogP contribution in [0.3, 0.4) is 0 Å². The van der Waals surface area contributed by atoms with Crippen LogP contribution in [-0.2, 0) is 0 Å². The molecule has 1 aromatic heterocycles. The van der Waals surface area contributed by atoms with Crippen molar-refractivity contribution in [3.05, 3.63) is 11.9 Å². The monoisotopic (exact) mass is 249 g/mol.